The maximum absolute atomic E-state index is 9.43. The number of aliphatic hydroxyl groups is 1. The van der Waals surface area contributed by atoms with Crippen molar-refractivity contribution in [2.75, 3.05) is 26.8 Å². The molecule has 3 nitrogen and oxygen atoms in total. The van der Waals surface area contributed by atoms with Crippen LogP contribution in [0.5, 0.6) is 0 Å². The standard InChI is InChI=1S/C12H25NO2/c1-10-3-5-11(6-4-10)7-13-8-12(14)9-15-2/h10-14H,3-9H2,1-2H3. The average Bonchev–Trinajstić information content (AvgIpc) is 2.21. The summed E-state index contributed by atoms with van der Waals surface area (Å²) in [5, 5.41) is 12.8. The minimum Gasteiger partial charge on any atom is -0.389 e. The van der Waals surface area contributed by atoms with Crippen molar-refractivity contribution in [1.82, 2.24) is 5.32 Å². The normalized spacial score (nSPS) is 29.0. The van der Waals surface area contributed by atoms with E-state index in [4.69, 9.17) is 4.74 Å². The molecule has 0 amide bonds. The number of hydrogen-bond acceptors (Lipinski definition) is 3. The maximum Gasteiger partial charge on any atom is 0.0897 e. The Balaban J connectivity index is 2.00. The highest BCUT2D eigenvalue weighted by molar-refractivity contribution is 4.72. The minimum absolute atomic E-state index is 0.363. The van der Waals surface area contributed by atoms with Gasteiger partial charge in [0.2, 0.25) is 0 Å². The van der Waals surface area contributed by atoms with Crippen LogP contribution in [0.15, 0.2) is 0 Å². The highest BCUT2D eigenvalue weighted by atomic mass is 16.5. The van der Waals surface area contributed by atoms with Crippen molar-refractivity contribution in [3.63, 3.8) is 0 Å². The third-order valence-corrected chi connectivity index (χ3v) is 3.31. The van der Waals surface area contributed by atoms with Crippen LogP contribution in [0.1, 0.15) is 32.6 Å². The van der Waals surface area contributed by atoms with Gasteiger partial charge < -0.3 is 15.2 Å². The Morgan fingerprint density at radius 1 is 1.33 bits per heavy atom. The number of nitrogens with one attached hydrogen (secondary N) is 1. The van der Waals surface area contributed by atoms with E-state index < -0.39 is 0 Å². The fourth-order valence-corrected chi connectivity index (χ4v) is 2.24. The summed E-state index contributed by atoms with van der Waals surface area (Å²) in [5.41, 5.74) is 0. The van der Waals surface area contributed by atoms with Gasteiger partial charge in [0.1, 0.15) is 0 Å². The highest BCUT2D eigenvalue weighted by Gasteiger charge is 2.17. The number of ether oxygens (including phenoxy) is 1. The lowest BCUT2D eigenvalue weighted by Gasteiger charge is -2.26. The van der Waals surface area contributed by atoms with Gasteiger partial charge in [0, 0.05) is 13.7 Å². The second kappa shape index (κ2) is 7.20. The Morgan fingerprint density at radius 3 is 2.60 bits per heavy atom. The molecule has 0 aromatic carbocycles. The number of aliphatic hydroxyl groups excluding tert-OH is 1. The molecule has 0 aliphatic heterocycles. The van der Waals surface area contributed by atoms with E-state index in [0.29, 0.717) is 13.2 Å². The van der Waals surface area contributed by atoms with E-state index in [0.717, 1.165) is 18.4 Å². The van der Waals surface area contributed by atoms with E-state index in [9.17, 15) is 5.11 Å². The van der Waals surface area contributed by atoms with Crippen LogP contribution >= 0.6 is 0 Å². The average molecular weight is 215 g/mol. The van der Waals surface area contributed by atoms with Crippen LogP contribution in [-0.4, -0.2) is 38.0 Å². The van der Waals surface area contributed by atoms with E-state index in [1.807, 2.05) is 0 Å². The van der Waals surface area contributed by atoms with Gasteiger partial charge >= 0.3 is 0 Å². The molecule has 0 spiro atoms. The van der Waals surface area contributed by atoms with Crippen molar-refractivity contribution in [2.45, 2.75) is 38.7 Å². The molecule has 0 saturated heterocycles. The van der Waals surface area contributed by atoms with Crippen molar-refractivity contribution in [3.05, 3.63) is 0 Å². The predicted octanol–water partition coefficient (Wildman–Crippen LogP) is 1.41. The van der Waals surface area contributed by atoms with Gasteiger partial charge in [0.15, 0.2) is 0 Å². The van der Waals surface area contributed by atoms with Crippen molar-refractivity contribution in [2.24, 2.45) is 11.8 Å². The van der Waals surface area contributed by atoms with Crippen LogP contribution < -0.4 is 5.32 Å². The molecular formula is C12H25NO2. The molecule has 1 saturated carbocycles. The van der Waals surface area contributed by atoms with Crippen molar-refractivity contribution >= 4 is 0 Å². The smallest absolute Gasteiger partial charge is 0.0897 e. The second-order valence-electron chi connectivity index (χ2n) is 4.89. The molecule has 3 heteroatoms. The van der Waals surface area contributed by atoms with E-state index in [-0.39, 0.29) is 6.10 Å². The van der Waals surface area contributed by atoms with Crippen LogP contribution in [0.2, 0.25) is 0 Å². The lowest BCUT2D eigenvalue weighted by molar-refractivity contribution is 0.0635. The molecule has 0 radical (unpaired) electrons. The third-order valence-electron chi connectivity index (χ3n) is 3.31. The molecule has 15 heavy (non-hydrogen) atoms. The van der Waals surface area contributed by atoms with Crippen LogP contribution in [0, 0.1) is 11.8 Å². The molecule has 1 unspecified atom stereocenters. The Hall–Kier alpha value is -0.120. The Bertz CT molecular complexity index is 156. The first kappa shape index (κ1) is 12.9. The van der Waals surface area contributed by atoms with E-state index in [1.54, 1.807) is 7.11 Å². The van der Waals surface area contributed by atoms with Crippen LogP contribution in [0.4, 0.5) is 0 Å². The quantitative estimate of drug-likeness (QED) is 0.704. The minimum atomic E-state index is -0.363. The Morgan fingerprint density at radius 2 is 2.00 bits per heavy atom. The number of methoxy groups -OCH3 is 1. The molecule has 90 valence electrons. The topological polar surface area (TPSA) is 41.5 Å². The molecule has 0 aromatic heterocycles. The maximum atomic E-state index is 9.43. The van der Waals surface area contributed by atoms with Gasteiger partial charge in [-0.15, -0.1) is 0 Å². The summed E-state index contributed by atoms with van der Waals surface area (Å²) >= 11 is 0. The molecule has 0 heterocycles. The zero-order valence-electron chi connectivity index (χ0n) is 10.0. The third kappa shape index (κ3) is 5.50. The van der Waals surface area contributed by atoms with Gasteiger partial charge in [-0.3, -0.25) is 0 Å². The van der Waals surface area contributed by atoms with Crippen molar-refractivity contribution in [3.8, 4) is 0 Å². The summed E-state index contributed by atoms with van der Waals surface area (Å²) in [6, 6.07) is 0. The van der Waals surface area contributed by atoms with Gasteiger partial charge in [0.25, 0.3) is 0 Å². The molecule has 1 aliphatic rings. The SMILES string of the molecule is COCC(O)CNCC1CCC(C)CC1. The first-order valence-corrected chi connectivity index (χ1v) is 6.10. The monoisotopic (exact) mass is 215 g/mol. The van der Waals surface area contributed by atoms with Crippen molar-refractivity contribution in [1.29, 1.82) is 0 Å². The first-order valence-electron chi connectivity index (χ1n) is 6.10. The van der Waals surface area contributed by atoms with E-state index in [2.05, 4.69) is 12.2 Å². The molecule has 0 aromatic rings. The zero-order valence-corrected chi connectivity index (χ0v) is 10.0. The number of rotatable bonds is 6. The fraction of sp³-hybridized carbons (Fsp3) is 1.00. The molecule has 1 atom stereocenters. The second-order valence-corrected chi connectivity index (χ2v) is 4.89. The van der Waals surface area contributed by atoms with Crippen LogP contribution in [0.3, 0.4) is 0 Å². The molecule has 1 aliphatic carbocycles. The van der Waals surface area contributed by atoms with E-state index >= 15 is 0 Å². The summed E-state index contributed by atoms with van der Waals surface area (Å²) < 4.78 is 4.87. The summed E-state index contributed by atoms with van der Waals surface area (Å²) in [4.78, 5) is 0. The number of hydrogen-bond donors (Lipinski definition) is 2. The molecule has 1 rings (SSSR count). The van der Waals surface area contributed by atoms with Crippen LogP contribution in [0.25, 0.3) is 0 Å². The zero-order chi connectivity index (χ0) is 11.1. The predicted molar refractivity (Wildman–Crippen MR) is 61.9 cm³/mol. The largest absolute Gasteiger partial charge is 0.389 e. The molecule has 2 N–H and O–H groups in total. The Kier molecular flexibility index (Phi) is 6.22. The van der Waals surface area contributed by atoms with E-state index in [1.165, 1.54) is 25.7 Å². The van der Waals surface area contributed by atoms with Crippen LogP contribution in [-0.2, 0) is 4.74 Å². The summed E-state index contributed by atoms with van der Waals surface area (Å²) in [7, 11) is 1.62. The van der Waals surface area contributed by atoms with Gasteiger partial charge in [-0.25, -0.2) is 0 Å². The first-order chi connectivity index (χ1) is 7.22. The fourth-order valence-electron chi connectivity index (χ4n) is 2.24. The van der Waals surface area contributed by atoms with Gasteiger partial charge in [-0.2, -0.15) is 0 Å². The summed E-state index contributed by atoms with van der Waals surface area (Å²) in [6.45, 7) is 4.47. The summed E-state index contributed by atoms with van der Waals surface area (Å²) in [5.74, 6) is 1.73. The lowest BCUT2D eigenvalue weighted by Crippen LogP contribution is -2.34. The molecule has 1 fully saturated rings. The lowest BCUT2D eigenvalue weighted by atomic mass is 9.83. The molecule has 0 bridgehead atoms. The van der Waals surface area contributed by atoms with Gasteiger partial charge in [-0.1, -0.05) is 19.8 Å². The van der Waals surface area contributed by atoms with Gasteiger partial charge in [0.05, 0.1) is 12.7 Å². The summed E-state index contributed by atoms with van der Waals surface area (Å²) in [6.07, 6.45) is 5.06. The Labute approximate surface area is 93.2 Å². The van der Waals surface area contributed by atoms with Crippen molar-refractivity contribution < 1.29 is 9.84 Å². The highest BCUT2D eigenvalue weighted by Crippen LogP contribution is 2.27. The molecular weight excluding hydrogens is 190 g/mol. The van der Waals surface area contributed by atoms with Gasteiger partial charge in [-0.05, 0) is 31.2 Å².